The molecule has 3 heterocycles. The molecular weight excluding hydrogens is 709 g/mol. The number of nitrogens with zero attached hydrogens (tertiary/aromatic N) is 3. The summed E-state index contributed by atoms with van der Waals surface area (Å²) in [6.45, 7) is 0.0838. The van der Waals surface area contributed by atoms with Crippen LogP contribution >= 0.6 is 11.3 Å². The van der Waals surface area contributed by atoms with Gasteiger partial charge in [-0.3, -0.25) is 0 Å². The summed E-state index contributed by atoms with van der Waals surface area (Å²) in [6.07, 6.45) is 0. The highest BCUT2D eigenvalue weighted by Crippen LogP contribution is 2.51. The molecular formula is C52H34BN3S. The molecule has 266 valence electrons. The summed E-state index contributed by atoms with van der Waals surface area (Å²) >= 11 is 1.92. The molecule has 0 amide bonds. The largest absolute Gasteiger partial charge is 0.311 e. The minimum Gasteiger partial charge on any atom is -0.311 e. The second-order valence-corrected chi connectivity index (χ2v) is 16.0. The third-order valence-corrected chi connectivity index (χ3v) is 12.9. The predicted molar refractivity (Wildman–Crippen MR) is 246 cm³/mol. The fraction of sp³-hybridized carbons (Fsp3) is 0. The van der Waals surface area contributed by atoms with E-state index in [1.54, 1.807) is 0 Å². The molecule has 0 N–H and O–H groups in total. The summed E-state index contributed by atoms with van der Waals surface area (Å²) in [7, 11) is 0. The first-order chi connectivity index (χ1) is 28.3. The second-order valence-electron chi connectivity index (χ2n) is 14.9. The van der Waals surface area contributed by atoms with Crippen molar-refractivity contribution in [2.75, 3.05) is 14.7 Å². The number of rotatable bonds is 5. The lowest BCUT2D eigenvalue weighted by Crippen LogP contribution is -2.61. The number of fused-ring (bicyclic) bond motifs is 9. The summed E-state index contributed by atoms with van der Waals surface area (Å²) in [5.74, 6) is 0. The molecule has 0 unspecified atom stereocenters. The van der Waals surface area contributed by atoms with Crippen LogP contribution < -0.4 is 31.1 Å². The van der Waals surface area contributed by atoms with E-state index in [1.807, 2.05) is 11.3 Å². The van der Waals surface area contributed by atoms with Crippen LogP contribution in [0.1, 0.15) is 0 Å². The van der Waals surface area contributed by atoms with E-state index in [2.05, 4.69) is 221 Å². The van der Waals surface area contributed by atoms with Crippen LogP contribution in [0.5, 0.6) is 0 Å². The van der Waals surface area contributed by atoms with Crippen molar-refractivity contribution in [3.05, 3.63) is 206 Å². The van der Waals surface area contributed by atoms with Crippen LogP contribution in [0.15, 0.2) is 206 Å². The highest BCUT2D eigenvalue weighted by Gasteiger charge is 2.44. The predicted octanol–water partition coefficient (Wildman–Crippen LogP) is 12.8. The number of hydrogen-bond acceptors (Lipinski definition) is 4. The van der Waals surface area contributed by atoms with Gasteiger partial charge in [0.05, 0.1) is 10.4 Å². The van der Waals surface area contributed by atoms with Crippen molar-refractivity contribution in [2.45, 2.75) is 0 Å². The van der Waals surface area contributed by atoms with E-state index in [0.29, 0.717) is 0 Å². The minimum absolute atomic E-state index is 0.0838. The molecule has 3 nitrogen and oxygen atoms in total. The van der Waals surface area contributed by atoms with Gasteiger partial charge in [0.1, 0.15) is 0 Å². The highest BCUT2D eigenvalue weighted by molar-refractivity contribution is 7.26. The topological polar surface area (TPSA) is 9.72 Å². The van der Waals surface area contributed by atoms with Crippen LogP contribution in [-0.4, -0.2) is 6.71 Å². The summed E-state index contributed by atoms with van der Waals surface area (Å²) in [6, 6.07) is 75.4. The van der Waals surface area contributed by atoms with E-state index in [0.717, 1.165) is 28.4 Å². The molecule has 1 aromatic heterocycles. The monoisotopic (exact) mass is 743 g/mol. The number of anilines is 9. The van der Waals surface area contributed by atoms with E-state index in [-0.39, 0.29) is 6.71 Å². The molecule has 5 heteroatoms. The maximum absolute atomic E-state index is 2.54. The average molecular weight is 744 g/mol. The zero-order valence-corrected chi connectivity index (χ0v) is 31.8. The number of hydrogen-bond donors (Lipinski definition) is 0. The zero-order valence-electron chi connectivity index (χ0n) is 31.0. The van der Waals surface area contributed by atoms with Crippen LogP contribution in [0.2, 0.25) is 0 Å². The van der Waals surface area contributed by atoms with Gasteiger partial charge in [-0.15, -0.1) is 11.3 Å². The molecule has 2 aliphatic heterocycles. The summed E-state index contributed by atoms with van der Waals surface area (Å²) in [5, 5.41) is 5.02. The Morgan fingerprint density at radius 1 is 0.404 bits per heavy atom. The van der Waals surface area contributed by atoms with E-state index in [4.69, 9.17) is 0 Å². The Balaban J connectivity index is 1.16. The molecule has 10 aromatic rings. The minimum atomic E-state index is 0.0838. The van der Waals surface area contributed by atoms with Gasteiger partial charge in [0.2, 0.25) is 0 Å². The number of para-hydroxylation sites is 6. The molecule has 0 radical (unpaired) electrons. The molecule has 12 rings (SSSR count). The zero-order chi connectivity index (χ0) is 37.5. The van der Waals surface area contributed by atoms with Gasteiger partial charge in [-0.25, -0.2) is 0 Å². The lowest BCUT2D eigenvalue weighted by atomic mass is 9.33. The van der Waals surface area contributed by atoms with Gasteiger partial charge in [-0.2, -0.15) is 0 Å². The Kier molecular flexibility index (Phi) is 7.19. The van der Waals surface area contributed by atoms with Crippen molar-refractivity contribution in [1.82, 2.24) is 0 Å². The fourth-order valence-corrected chi connectivity index (χ4v) is 10.6. The Hall–Kier alpha value is -7.08. The van der Waals surface area contributed by atoms with Gasteiger partial charge in [0, 0.05) is 61.0 Å². The van der Waals surface area contributed by atoms with Crippen molar-refractivity contribution in [3.8, 4) is 0 Å². The first-order valence-corrected chi connectivity index (χ1v) is 20.4. The second kappa shape index (κ2) is 12.7. The Morgan fingerprint density at radius 2 is 0.947 bits per heavy atom. The van der Waals surface area contributed by atoms with Crippen molar-refractivity contribution in [2.24, 2.45) is 0 Å². The van der Waals surface area contributed by atoms with Crippen molar-refractivity contribution in [3.63, 3.8) is 0 Å². The molecule has 0 spiro atoms. The molecule has 0 atom stereocenters. The first kappa shape index (κ1) is 32.2. The maximum atomic E-state index is 2.54. The quantitative estimate of drug-likeness (QED) is 0.163. The van der Waals surface area contributed by atoms with Gasteiger partial charge in [0.25, 0.3) is 6.71 Å². The summed E-state index contributed by atoms with van der Waals surface area (Å²) in [4.78, 5) is 7.38. The van der Waals surface area contributed by atoms with Gasteiger partial charge < -0.3 is 14.7 Å². The lowest BCUT2D eigenvalue weighted by Gasteiger charge is -2.44. The molecule has 57 heavy (non-hydrogen) atoms. The summed E-state index contributed by atoms with van der Waals surface area (Å²) in [5.41, 5.74) is 14.7. The third-order valence-electron chi connectivity index (χ3n) is 11.7. The van der Waals surface area contributed by atoms with Crippen molar-refractivity contribution >= 4 is 117 Å². The van der Waals surface area contributed by atoms with E-state index in [9.17, 15) is 0 Å². The van der Waals surface area contributed by atoms with E-state index < -0.39 is 0 Å². The SMILES string of the molecule is c1ccc(N(c2ccccc2)c2ccc3cc4c(cc3c2)sc2c3c5c(cc24)N(c2ccccc2)c2ccccc2B5c2ccccc2N3c2ccccc2)cc1. The van der Waals surface area contributed by atoms with Gasteiger partial charge >= 0.3 is 0 Å². The molecule has 9 aromatic carbocycles. The first-order valence-electron chi connectivity index (χ1n) is 19.6. The molecule has 0 aliphatic carbocycles. The van der Waals surface area contributed by atoms with Crippen molar-refractivity contribution < 1.29 is 0 Å². The Labute approximate surface area is 336 Å². The average Bonchev–Trinajstić information content (AvgIpc) is 3.63. The summed E-state index contributed by atoms with van der Waals surface area (Å²) < 4.78 is 2.59. The standard InChI is InChI=1S/C52H34BN3S/c1-5-17-37(18-6-1)54(38-19-7-2-8-20-38)41-30-29-35-32-42-43-34-48-50-51(52(43)57-49(42)33-36(35)31-41)56(40-23-11-4-12-24-40)47-28-16-14-26-45(47)53(50)44-25-13-15-27-46(44)55(48)39-21-9-3-10-22-39/h1-34H. The molecule has 2 aliphatic rings. The van der Waals surface area contributed by atoms with Gasteiger partial charge in [-0.05, 0) is 118 Å². The third kappa shape index (κ3) is 4.92. The Bertz CT molecular complexity index is 3100. The smallest absolute Gasteiger partial charge is 0.252 e. The van der Waals surface area contributed by atoms with Crippen LogP contribution in [0.25, 0.3) is 30.9 Å². The highest BCUT2D eigenvalue weighted by atomic mass is 32.1. The molecule has 0 saturated carbocycles. The number of thiophene rings is 1. The van der Waals surface area contributed by atoms with Crippen LogP contribution in [0, 0.1) is 0 Å². The molecule has 0 saturated heterocycles. The van der Waals surface area contributed by atoms with E-state index in [1.165, 1.54) is 70.1 Å². The number of benzene rings is 9. The maximum Gasteiger partial charge on any atom is 0.252 e. The van der Waals surface area contributed by atoms with E-state index >= 15 is 0 Å². The molecule has 0 bridgehead atoms. The van der Waals surface area contributed by atoms with Gasteiger partial charge in [0.15, 0.2) is 0 Å². The fourth-order valence-electron chi connectivity index (χ4n) is 9.36. The normalized spacial score (nSPS) is 12.8. The molecule has 0 fully saturated rings. The lowest BCUT2D eigenvalue weighted by molar-refractivity contribution is 1.27. The van der Waals surface area contributed by atoms with Gasteiger partial charge in [-0.1, -0.05) is 115 Å². The van der Waals surface area contributed by atoms with Crippen LogP contribution in [0.4, 0.5) is 51.2 Å². The van der Waals surface area contributed by atoms with Crippen molar-refractivity contribution in [1.29, 1.82) is 0 Å². The van der Waals surface area contributed by atoms with Crippen LogP contribution in [-0.2, 0) is 0 Å². The van der Waals surface area contributed by atoms with Crippen LogP contribution in [0.3, 0.4) is 0 Å². The Morgan fingerprint density at radius 3 is 1.58 bits per heavy atom.